The Morgan fingerprint density at radius 2 is 2.03 bits per heavy atom. The number of aliphatic imine (C=N–C) groups is 1. The lowest BCUT2D eigenvalue weighted by Crippen LogP contribution is -2.55. The van der Waals surface area contributed by atoms with E-state index in [9.17, 15) is 14.9 Å². The first-order valence-electron chi connectivity index (χ1n) is 12.1. The standard InChI is InChI=1S/C27H25ClN6O3S/c1-16(2)37-22-13-17(14-29)3-8-20(22)26-31-24(21-9-12-38-32-21)25(18-4-6-19(28)7-5-18)34(26)27(36)33-11-10-30-23(35)15-33/h3-9,12-13,16,24-25H,10-11,15H2,1-2H3,(H,30,35)/t24-,25+/m0/s1. The molecule has 3 amide bonds. The number of ether oxygens (including phenoxy) is 1. The lowest BCUT2D eigenvalue weighted by atomic mass is 9.97. The molecule has 2 atom stereocenters. The van der Waals surface area contributed by atoms with Crippen LogP contribution in [-0.2, 0) is 4.79 Å². The molecule has 2 aliphatic heterocycles. The minimum absolute atomic E-state index is 0.0555. The van der Waals surface area contributed by atoms with E-state index in [-0.39, 0.29) is 24.6 Å². The summed E-state index contributed by atoms with van der Waals surface area (Å²) in [6, 6.07) is 15.0. The van der Waals surface area contributed by atoms with Crippen LogP contribution >= 0.6 is 23.1 Å². The number of rotatable bonds is 5. The average Bonchev–Trinajstić information content (AvgIpc) is 3.57. The van der Waals surface area contributed by atoms with Gasteiger partial charge in [-0.2, -0.15) is 9.64 Å². The summed E-state index contributed by atoms with van der Waals surface area (Å²) < 4.78 is 10.6. The Morgan fingerprint density at radius 1 is 1.24 bits per heavy atom. The summed E-state index contributed by atoms with van der Waals surface area (Å²) in [5.41, 5.74) is 2.54. The van der Waals surface area contributed by atoms with Gasteiger partial charge in [0.2, 0.25) is 5.91 Å². The van der Waals surface area contributed by atoms with Gasteiger partial charge in [-0.1, -0.05) is 23.7 Å². The van der Waals surface area contributed by atoms with E-state index in [1.807, 2.05) is 37.4 Å². The molecule has 2 aromatic carbocycles. The first kappa shape index (κ1) is 25.7. The van der Waals surface area contributed by atoms with E-state index in [2.05, 4.69) is 15.8 Å². The van der Waals surface area contributed by atoms with Crippen LogP contribution in [0.25, 0.3) is 0 Å². The topological polar surface area (TPSA) is 111 Å². The number of halogens is 1. The number of hydrogen-bond donors (Lipinski definition) is 1. The fourth-order valence-electron chi connectivity index (χ4n) is 4.62. The summed E-state index contributed by atoms with van der Waals surface area (Å²) in [6.07, 6.45) is -0.180. The van der Waals surface area contributed by atoms with Crippen molar-refractivity contribution in [3.05, 3.63) is 81.3 Å². The number of nitriles is 1. The van der Waals surface area contributed by atoms with Crippen molar-refractivity contribution in [2.75, 3.05) is 19.6 Å². The van der Waals surface area contributed by atoms with Crippen LogP contribution in [0.3, 0.4) is 0 Å². The monoisotopic (exact) mass is 548 g/mol. The van der Waals surface area contributed by atoms with Crippen LogP contribution in [0.4, 0.5) is 4.79 Å². The van der Waals surface area contributed by atoms with Gasteiger partial charge in [0.15, 0.2) is 0 Å². The predicted molar refractivity (Wildman–Crippen MR) is 144 cm³/mol. The van der Waals surface area contributed by atoms with Gasteiger partial charge in [0.05, 0.1) is 35.0 Å². The van der Waals surface area contributed by atoms with Gasteiger partial charge >= 0.3 is 6.03 Å². The van der Waals surface area contributed by atoms with Gasteiger partial charge in [-0.3, -0.25) is 14.7 Å². The van der Waals surface area contributed by atoms with Gasteiger partial charge in [0.1, 0.15) is 24.2 Å². The molecule has 0 unspecified atom stereocenters. The molecule has 1 aromatic heterocycles. The second kappa shape index (κ2) is 10.8. The van der Waals surface area contributed by atoms with E-state index in [4.69, 9.17) is 21.3 Å². The first-order chi connectivity index (χ1) is 18.4. The number of amidine groups is 1. The van der Waals surface area contributed by atoms with Crippen molar-refractivity contribution in [3.63, 3.8) is 0 Å². The predicted octanol–water partition coefficient (Wildman–Crippen LogP) is 4.55. The van der Waals surface area contributed by atoms with Crippen LogP contribution in [-0.4, -0.2) is 57.7 Å². The summed E-state index contributed by atoms with van der Waals surface area (Å²) in [5, 5.41) is 14.7. The van der Waals surface area contributed by atoms with E-state index in [0.717, 1.165) is 11.3 Å². The maximum Gasteiger partial charge on any atom is 0.326 e. The summed E-state index contributed by atoms with van der Waals surface area (Å²) in [6.45, 7) is 4.46. The molecule has 0 radical (unpaired) electrons. The minimum atomic E-state index is -0.551. The van der Waals surface area contributed by atoms with E-state index in [1.54, 1.807) is 35.2 Å². The average molecular weight is 549 g/mol. The number of urea groups is 1. The summed E-state index contributed by atoms with van der Waals surface area (Å²) in [4.78, 5) is 34.6. The summed E-state index contributed by atoms with van der Waals surface area (Å²) in [5.74, 6) is 0.614. The van der Waals surface area contributed by atoms with E-state index >= 15 is 0 Å². The van der Waals surface area contributed by atoms with Gasteiger partial charge < -0.3 is 15.0 Å². The molecule has 38 heavy (non-hydrogen) atoms. The number of hydrogen-bond acceptors (Lipinski definition) is 7. The van der Waals surface area contributed by atoms with Gasteiger partial charge in [-0.15, -0.1) is 0 Å². The SMILES string of the molecule is CC(C)Oc1cc(C#N)ccc1C1=N[C@@H](c2ccsn2)[C@@H](c2ccc(Cl)cc2)N1C(=O)N1CCNC(=O)C1. The Kier molecular flexibility index (Phi) is 7.31. The molecular weight excluding hydrogens is 524 g/mol. The second-order valence-electron chi connectivity index (χ2n) is 9.23. The molecule has 194 valence electrons. The number of carbonyl (C=O) groups excluding carboxylic acids is 2. The molecule has 5 rings (SSSR count). The zero-order chi connectivity index (χ0) is 26.8. The Bertz CT molecular complexity index is 1420. The quantitative estimate of drug-likeness (QED) is 0.503. The smallest absolute Gasteiger partial charge is 0.326 e. The Morgan fingerprint density at radius 3 is 2.68 bits per heavy atom. The molecule has 1 N–H and O–H groups in total. The fraction of sp³-hybridized carbons (Fsp3) is 0.296. The molecule has 1 fully saturated rings. The third-order valence-corrected chi connectivity index (χ3v) is 7.09. The molecule has 0 aliphatic carbocycles. The highest BCUT2D eigenvalue weighted by Crippen LogP contribution is 2.45. The van der Waals surface area contributed by atoms with E-state index in [0.29, 0.717) is 40.8 Å². The molecule has 0 spiro atoms. The number of benzene rings is 2. The Labute approximate surface area is 229 Å². The van der Waals surface area contributed by atoms with E-state index in [1.165, 1.54) is 16.4 Å². The summed E-state index contributed by atoms with van der Waals surface area (Å²) >= 11 is 7.51. The first-order valence-corrected chi connectivity index (χ1v) is 13.4. The molecule has 3 heterocycles. The van der Waals surface area contributed by atoms with Crippen LogP contribution < -0.4 is 10.1 Å². The maximum atomic E-state index is 14.2. The number of nitrogens with one attached hydrogen (secondary N) is 1. The number of carbonyl (C=O) groups is 2. The van der Waals surface area contributed by atoms with Crippen molar-refractivity contribution in [3.8, 4) is 11.8 Å². The summed E-state index contributed by atoms with van der Waals surface area (Å²) in [7, 11) is 0. The van der Waals surface area contributed by atoms with Gasteiger partial charge in [0, 0.05) is 23.5 Å². The molecule has 0 saturated carbocycles. The number of aromatic nitrogens is 1. The van der Waals surface area contributed by atoms with Crippen molar-refractivity contribution in [2.24, 2.45) is 4.99 Å². The van der Waals surface area contributed by atoms with E-state index < -0.39 is 12.1 Å². The van der Waals surface area contributed by atoms with Crippen LogP contribution in [0.2, 0.25) is 5.02 Å². The minimum Gasteiger partial charge on any atom is -0.490 e. The lowest BCUT2D eigenvalue weighted by molar-refractivity contribution is -0.123. The molecule has 3 aromatic rings. The van der Waals surface area contributed by atoms with Crippen LogP contribution in [0, 0.1) is 11.3 Å². The molecular formula is C27H25ClN6O3S. The van der Waals surface area contributed by atoms with Crippen molar-refractivity contribution in [1.82, 2.24) is 19.5 Å². The highest BCUT2D eigenvalue weighted by molar-refractivity contribution is 7.03. The van der Waals surface area contributed by atoms with Gasteiger partial charge in [-0.25, -0.2) is 4.79 Å². The molecule has 2 aliphatic rings. The fourth-order valence-corrected chi connectivity index (χ4v) is 5.30. The lowest BCUT2D eigenvalue weighted by Gasteiger charge is -2.35. The molecule has 9 nitrogen and oxygen atoms in total. The van der Waals surface area contributed by atoms with Gasteiger partial charge in [-0.05, 0) is 67.3 Å². The van der Waals surface area contributed by atoms with Gasteiger partial charge in [0.25, 0.3) is 0 Å². The zero-order valence-electron chi connectivity index (χ0n) is 20.8. The Balaban J connectivity index is 1.69. The third kappa shape index (κ3) is 5.08. The number of nitrogens with zero attached hydrogens (tertiary/aromatic N) is 5. The molecule has 0 bridgehead atoms. The highest BCUT2D eigenvalue weighted by atomic mass is 35.5. The van der Waals surface area contributed by atoms with Crippen molar-refractivity contribution < 1.29 is 14.3 Å². The number of piperazine rings is 1. The van der Waals surface area contributed by atoms with Crippen LogP contribution in [0.1, 0.15) is 48.3 Å². The van der Waals surface area contributed by atoms with Crippen molar-refractivity contribution >= 4 is 40.9 Å². The Hall–Kier alpha value is -3.94. The van der Waals surface area contributed by atoms with Crippen LogP contribution in [0.5, 0.6) is 5.75 Å². The third-order valence-electron chi connectivity index (χ3n) is 6.27. The highest BCUT2D eigenvalue weighted by Gasteiger charge is 2.45. The second-order valence-corrected chi connectivity index (χ2v) is 10.3. The van der Waals surface area contributed by atoms with Crippen LogP contribution in [0.15, 0.2) is 58.9 Å². The molecule has 11 heteroatoms. The maximum absolute atomic E-state index is 14.2. The zero-order valence-corrected chi connectivity index (χ0v) is 22.4. The number of amides is 3. The largest absolute Gasteiger partial charge is 0.490 e. The molecule has 1 saturated heterocycles. The normalized spacial score (nSPS) is 19.2. The van der Waals surface area contributed by atoms with Crippen molar-refractivity contribution in [1.29, 1.82) is 5.26 Å². The van der Waals surface area contributed by atoms with Crippen molar-refractivity contribution in [2.45, 2.75) is 32.0 Å².